The van der Waals surface area contributed by atoms with E-state index in [0.717, 1.165) is 5.02 Å². The Morgan fingerprint density at radius 2 is 1.12 bits per heavy atom. The fraction of sp³-hybridized carbons (Fsp3) is 0.0769. The molecule has 0 atom stereocenters. The molecule has 2 aromatic carbocycles. The quantitative estimate of drug-likeness (QED) is 0.582. The van der Waals surface area contributed by atoms with Crippen LogP contribution in [0.2, 0.25) is 15.1 Å². The topological polar surface area (TPSA) is 0 Å². The van der Waals surface area contributed by atoms with Crippen LogP contribution < -0.4 is 0 Å². The lowest BCUT2D eigenvalue weighted by molar-refractivity contribution is 1.48. The first-order valence-electron chi connectivity index (χ1n) is 4.72. The SMILES string of the molecule is Cc1ccc(Cl)cc1.Clc1ccccc1Cl. The zero-order valence-corrected chi connectivity index (χ0v) is 11.0. The molecule has 16 heavy (non-hydrogen) atoms. The Morgan fingerprint density at radius 3 is 1.44 bits per heavy atom. The first kappa shape index (κ1) is 13.4. The van der Waals surface area contributed by atoms with Gasteiger partial charge in [0.2, 0.25) is 0 Å². The molecule has 0 radical (unpaired) electrons. The Bertz CT molecular complexity index is 393. The molecule has 0 heterocycles. The van der Waals surface area contributed by atoms with E-state index in [9.17, 15) is 0 Å². The van der Waals surface area contributed by atoms with E-state index in [0.29, 0.717) is 10.0 Å². The predicted octanol–water partition coefficient (Wildman–Crippen LogP) is 5.64. The lowest BCUT2D eigenvalue weighted by Crippen LogP contribution is -1.66. The van der Waals surface area contributed by atoms with Gasteiger partial charge in [-0.15, -0.1) is 0 Å². The highest BCUT2D eigenvalue weighted by Crippen LogP contribution is 2.19. The van der Waals surface area contributed by atoms with Crippen LogP contribution in [0.4, 0.5) is 0 Å². The van der Waals surface area contributed by atoms with Crippen LogP contribution in [-0.2, 0) is 0 Å². The number of benzene rings is 2. The second kappa shape index (κ2) is 6.80. The summed E-state index contributed by atoms with van der Waals surface area (Å²) in [4.78, 5) is 0. The molecule has 0 saturated carbocycles. The zero-order chi connectivity index (χ0) is 12.0. The summed E-state index contributed by atoms with van der Waals surface area (Å²) < 4.78 is 0. The number of hydrogen-bond donors (Lipinski definition) is 0. The molecule has 3 heteroatoms. The summed E-state index contributed by atoms with van der Waals surface area (Å²) >= 11 is 16.8. The minimum absolute atomic E-state index is 0.606. The minimum Gasteiger partial charge on any atom is -0.0843 e. The van der Waals surface area contributed by atoms with Crippen molar-refractivity contribution in [1.29, 1.82) is 0 Å². The Kier molecular flexibility index (Phi) is 5.68. The van der Waals surface area contributed by atoms with E-state index < -0.39 is 0 Å². The molecular formula is C13H11Cl3. The van der Waals surface area contributed by atoms with Crippen LogP contribution in [0.5, 0.6) is 0 Å². The van der Waals surface area contributed by atoms with Crippen LogP contribution >= 0.6 is 34.8 Å². The average Bonchev–Trinajstić information content (AvgIpc) is 2.28. The van der Waals surface area contributed by atoms with Crippen LogP contribution in [0.1, 0.15) is 5.56 Å². The summed E-state index contributed by atoms with van der Waals surface area (Å²) in [5, 5.41) is 2.01. The van der Waals surface area contributed by atoms with E-state index in [1.165, 1.54) is 5.56 Å². The fourth-order valence-corrected chi connectivity index (χ4v) is 1.37. The van der Waals surface area contributed by atoms with Gasteiger partial charge in [-0.05, 0) is 31.2 Å². The number of hydrogen-bond acceptors (Lipinski definition) is 0. The molecule has 0 N–H and O–H groups in total. The molecule has 2 aromatic rings. The summed E-state index contributed by atoms with van der Waals surface area (Å²) in [6.45, 7) is 2.04. The fourth-order valence-electron chi connectivity index (χ4n) is 0.973. The molecule has 0 saturated heterocycles. The molecule has 0 unspecified atom stereocenters. The van der Waals surface area contributed by atoms with E-state index in [2.05, 4.69) is 0 Å². The molecule has 0 aliphatic heterocycles. The third-order valence-electron chi connectivity index (χ3n) is 1.84. The summed E-state index contributed by atoms with van der Waals surface area (Å²) in [6, 6.07) is 14.9. The van der Waals surface area contributed by atoms with Gasteiger partial charge in [-0.25, -0.2) is 0 Å². The number of halogens is 3. The second-order valence-electron chi connectivity index (χ2n) is 3.21. The Balaban J connectivity index is 0.000000160. The van der Waals surface area contributed by atoms with E-state index >= 15 is 0 Å². The minimum atomic E-state index is 0.606. The number of rotatable bonds is 0. The van der Waals surface area contributed by atoms with E-state index in [1.54, 1.807) is 12.1 Å². The van der Waals surface area contributed by atoms with Gasteiger partial charge in [-0.2, -0.15) is 0 Å². The summed E-state index contributed by atoms with van der Waals surface area (Å²) in [6.07, 6.45) is 0. The molecule has 0 aliphatic rings. The van der Waals surface area contributed by atoms with Gasteiger partial charge >= 0.3 is 0 Å². The highest BCUT2D eigenvalue weighted by Gasteiger charge is 1.89. The highest BCUT2D eigenvalue weighted by atomic mass is 35.5. The van der Waals surface area contributed by atoms with E-state index in [1.807, 2.05) is 43.3 Å². The molecule has 0 spiro atoms. The molecule has 0 aliphatic carbocycles. The first-order chi connectivity index (χ1) is 7.59. The van der Waals surface area contributed by atoms with Crippen LogP contribution in [-0.4, -0.2) is 0 Å². The molecule has 0 fully saturated rings. The second-order valence-corrected chi connectivity index (χ2v) is 4.46. The van der Waals surface area contributed by atoms with Crippen molar-refractivity contribution in [2.24, 2.45) is 0 Å². The van der Waals surface area contributed by atoms with Crippen LogP contribution in [0.25, 0.3) is 0 Å². The first-order valence-corrected chi connectivity index (χ1v) is 5.85. The smallest absolute Gasteiger partial charge is 0.0592 e. The highest BCUT2D eigenvalue weighted by molar-refractivity contribution is 6.41. The van der Waals surface area contributed by atoms with Crippen molar-refractivity contribution in [3.8, 4) is 0 Å². The maximum absolute atomic E-state index is 5.61. The molecule has 0 nitrogen and oxygen atoms in total. The van der Waals surface area contributed by atoms with Crippen molar-refractivity contribution in [3.63, 3.8) is 0 Å². The zero-order valence-electron chi connectivity index (χ0n) is 8.75. The van der Waals surface area contributed by atoms with Crippen molar-refractivity contribution in [2.75, 3.05) is 0 Å². The molecule has 2 rings (SSSR count). The summed E-state index contributed by atoms with van der Waals surface area (Å²) in [5.74, 6) is 0. The summed E-state index contributed by atoms with van der Waals surface area (Å²) in [7, 11) is 0. The Morgan fingerprint density at radius 1 is 0.688 bits per heavy atom. The van der Waals surface area contributed by atoms with Crippen LogP contribution in [0, 0.1) is 6.92 Å². The largest absolute Gasteiger partial charge is 0.0843 e. The molecule has 0 bridgehead atoms. The lowest BCUT2D eigenvalue weighted by atomic mass is 10.2. The summed E-state index contributed by atoms with van der Waals surface area (Å²) in [5.41, 5.74) is 1.24. The third kappa shape index (κ3) is 4.89. The molecule has 84 valence electrons. The van der Waals surface area contributed by atoms with Gasteiger partial charge in [0.15, 0.2) is 0 Å². The maximum atomic E-state index is 5.61. The van der Waals surface area contributed by atoms with Crippen LogP contribution in [0.3, 0.4) is 0 Å². The Hall–Kier alpha value is -0.690. The predicted molar refractivity (Wildman–Crippen MR) is 72.7 cm³/mol. The van der Waals surface area contributed by atoms with E-state index in [-0.39, 0.29) is 0 Å². The van der Waals surface area contributed by atoms with Gasteiger partial charge in [0.25, 0.3) is 0 Å². The Labute approximate surface area is 111 Å². The van der Waals surface area contributed by atoms with Gasteiger partial charge in [0.1, 0.15) is 0 Å². The monoisotopic (exact) mass is 272 g/mol. The van der Waals surface area contributed by atoms with Crippen LogP contribution in [0.15, 0.2) is 48.5 Å². The maximum Gasteiger partial charge on any atom is 0.0592 e. The molecule has 0 aromatic heterocycles. The van der Waals surface area contributed by atoms with Gasteiger partial charge in [0, 0.05) is 5.02 Å². The van der Waals surface area contributed by atoms with Crippen molar-refractivity contribution in [3.05, 3.63) is 69.2 Å². The molecule has 0 amide bonds. The van der Waals surface area contributed by atoms with Gasteiger partial charge < -0.3 is 0 Å². The van der Waals surface area contributed by atoms with Gasteiger partial charge in [0.05, 0.1) is 10.0 Å². The standard InChI is InChI=1S/C7H7Cl.C6H4Cl2/c1-6-2-4-7(8)5-3-6;7-5-3-1-2-4-6(5)8/h2-5H,1H3;1-4H. The average molecular weight is 274 g/mol. The third-order valence-corrected chi connectivity index (χ3v) is 2.84. The number of aryl methyl sites for hydroxylation is 1. The van der Waals surface area contributed by atoms with E-state index in [4.69, 9.17) is 34.8 Å². The van der Waals surface area contributed by atoms with Crippen molar-refractivity contribution >= 4 is 34.8 Å². The lowest BCUT2D eigenvalue weighted by Gasteiger charge is -1.88. The van der Waals surface area contributed by atoms with Crippen molar-refractivity contribution in [1.82, 2.24) is 0 Å². The normalized spacial score (nSPS) is 9.25. The molecular weight excluding hydrogens is 263 g/mol. The van der Waals surface area contributed by atoms with Gasteiger partial charge in [-0.3, -0.25) is 0 Å². The van der Waals surface area contributed by atoms with Crippen molar-refractivity contribution < 1.29 is 0 Å². The van der Waals surface area contributed by atoms with Gasteiger partial charge in [-0.1, -0.05) is 64.6 Å². The van der Waals surface area contributed by atoms with Crippen molar-refractivity contribution in [2.45, 2.75) is 6.92 Å².